The van der Waals surface area contributed by atoms with Crippen LogP contribution in [0.25, 0.3) is 27.6 Å². The maximum atomic E-state index is 16.6. The number of anilines is 1. The zero-order chi connectivity index (χ0) is 33.9. The summed E-state index contributed by atoms with van der Waals surface area (Å²) >= 11 is 0. The Labute approximate surface area is 281 Å². The van der Waals surface area contributed by atoms with Gasteiger partial charge in [-0.25, -0.2) is 4.39 Å². The third-order valence-corrected chi connectivity index (χ3v) is 9.00. The number of carbonyl (C=O) groups is 2. The molecule has 6 heterocycles. The van der Waals surface area contributed by atoms with Crippen LogP contribution < -0.4 is 14.4 Å². The summed E-state index contributed by atoms with van der Waals surface area (Å²) in [7, 11) is 3.15. The van der Waals surface area contributed by atoms with Crippen molar-refractivity contribution in [3.63, 3.8) is 0 Å². The summed E-state index contributed by atoms with van der Waals surface area (Å²) in [5, 5.41) is 16.5. The summed E-state index contributed by atoms with van der Waals surface area (Å²) in [5.41, 5.74) is 2.79. The Hall–Kier alpha value is -5.86. The van der Waals surface area contributed by atoms with Crippen LogP contribution in [0.15, 0.2) is 61.3 Å². The molecule has 0 unspecified atom stereocenters. The summed E-state index contributed by atoms with van der Waals surface area (Å²) in [4.78, 5) is 40.0. The molecule has 252 valence electrons. The average molecular weight is 667 g/mol. The van der Waals surface area contributed by atoms with E-state index in [-0.39, 0.29) is 36.0 Å². The zero-order valence-electron chi connectivity index (χ0n) is 27.2. The summed E-state index contributed by atoms with van der Waals surface area (Å²) in [6.07, 6.45) is 10.9. The first kappa shape index (κ1) is 31.7. The molecular weight excluding hydrogens is 631 g/mol. The molecule has 14 nitrogen and oxygen atoms in total. The van der Waals surface area contributed by atoms with E-state index in [2.05, 4.69) is 30.5 Å². The van der Waals surface area contributed by atoms with E-state index in [1.165, 1.54) is 0 Å². The van der Waals surface area contributed by atoms with E-state index in [1.54, 1.807) is 84.0 Å². The van der Waals surface area contributed by atoms with Gasteiger partial charge in [-0.05, 0) is 35.8 Å². The number of aromatic amines is 1. The molecule has 0 atom stereocenters. The Morgan fingerprint density at radius 3 is 2.51 bits per heavy atom. The second-order valence-electron chi connectivity index (χ2n) is 11.8. The molecule has 0 bridgehead atoms. The van der Waals surface area contributed by atoms with Gasteiger partial charge in [-0.15, -0.1) is 10.2 Å². The van der Waals surface area contributed by atoms with Crippen LogP contribution in [0.2, 0.25) is 0 Å². The molecule has 5 aromatic rings. The van der Waals surface area contributed by atoms with Gasteiger partial charge >= 0.3 is 0 Å². The Bertz CT molecular complexity index is 2020. The summed E-state index contributed by atoms with van der Waals surface area (Å²) in [5.74, 6) is 1.00. The number of aromatic nitrogens is 7. The van der Waals surface area contributed by atoms with Crippen LogP contribution >= 0.6 is 0 Å². The SMILES string of the molecule is COc1ccncc1-c1cc(C2=CCCN(C(=O)CCn3ccnn3)C2)c(F)c2[nH]c(C(=O)N3CCN(c4nnccc4OC)CC3)cc12. The highest BCUT2D eigenvalue weighted by atomic mass is 19.1. The molecule has 49 heavy (non-hydrogen) atoms. The van der Waals surface area contributed by atoms with Crippen LogP contribution in [0.1, 0.15) is 28.9 Å². The van der Waals surface area contributed by atoms with Gasteiger partial charge in [0.05, 0.1) is 38.7 Å². The number of pyridine rings is 1. The van der Waals surface area contributed by atoms with Gasteiger partial charge in [0.25, 0.3) is 5.91 Å². The van der Waals surface area contributed by atoms with Gasteiger partial charge in [0.2, 0.25) is 5.91 Å². The first-order chi connectivity index (χ1) is 23.9. The third-order valence-electron chi connectivity index (χ3n) is 9.00. The summed E-state index contributed by atoms with van der Waals surface area (Å²) in [6, 6.07) is 6.95. The van der Waals surface area contributed by atoms with Crippen molar-refractivity contribution in [1.29, 1.82) is 0 Å². The van der Waals surface area contributed by atoms with Crippen molar-refractivity contribution >= 4 is 34.1 Å². The lowest BCUT2D eigenvalue weighted by atomic mass is 9.93. The maximum absolute atomic E-state index is 16.6. The molecule has 7 rings (SSSR count). The molecule has 1 saturated heterocycles. The number of hydrogen-bond acceptors (Lipinski definition) is 10. The number of fused-ring (bicyclic) bond motifs is 1. The largest absolute Gasteiger partial charge is 0.496 e. The molecule has 1 N–H and O–H groups in total. The van der Waals surface area contributed by atoms with Crippen molar-refractivity contribution in [1.82, 2.24) is 45.0 Å². The van der Waals surface area contributed by atoms with Gasteiger partial charge < -0.3 is 29.2 Å². The molecule has 15 heteroatoms. The van der Waals surface area contributed by atoms with Crippen LogP contribution in [0.5, 0.6) is 11.5 Å². The van der Waals surface area contributed by atoms with Crippen LogP contribution in [-0.4, -0.2) is 110 Å². The van der Waals surface area contributed by atoms with Crippen molar-refractivity contribution in [2.24, 2.45) is 0 Å². The summed E-state index contributed by atoms with van der Waals surface area (Å²) in [6.45, 7) is 3.10. The fourth-order valence-electron chi connectivity index (χ4n) is 6.45. The smallest absolute Gasteiger partial charge is 0.270 e. The van der Waals surface area contributed by atoms with Crippen molar-refractivity contribution < 1.29 is 23.5 Å². The second-order valence-corrected chi connectivity index (χ2v) is 11.8. The fraction of sp³-hybridized carbons (Fsp3) is 0.324. The van der Waals surface area contributed by atoms with Crippen LogP contribution in [0, 0.1) is 5.82 Å². The number of ether oxygens (including phenoxy) is 2. The molecule has 2 aliphatic heterocycles. The Kier molecular flexibility index (Phi) is 8.87. The van der Waals surface area contributed by atoms with Gasteiger partial charge in [0, 0.05) is 86.9 Å². The lowest BCUT2D eigenvalue weighted by Gasteiger charge is -2.35. The van der Waals surface area contributed by atoms with Gasteiger partial charge in [0.15, 0.2) is 17.4 Å². The molecule has 0 spiro atoms. The number of carbonyl (C=O) groups excluding carboxylic acids is 2. The Morgan fingerprint density at radius 2 is 1.73 bits per heavy atom. The number of rotatable bonds is 9. The molecule has 2 aliphatic rings. The zero-order valence-corrected chi connectivity index (χ0v) is 27.2. The number of nitrogens with zero attached hydrogens (tertiary/aromatic N) is 9. The topological polar surface area (TPSA) is 147 Å². The van der Waals surface area contributed by atoms with E-state index < -0.39 is 5.82 Å². The van der Waals surface area contributed by atoms with Crippen molar-refractivity contribution in [3.8, 4) is 22.6 Å². The van der Waals surface area contributed by atoms with E-state index in [0.29, 0.717) is 90.7 Å². The first-order valence-corrected chi connectivity index (χ1v) is 16.0. The minimum Gasteiger partial charge on any atom is -0.496 e. The predicted octanol–water partition coefficient (Wildman–Crippen LogP) is 3.44. The van der Waals surface area contributed by atoms with Crippen LogP contribution in [0.3, 0.4) is 0 Å². The molecular formula is C34H35FN10O4. The van der Waals surface area contributed by atoms with Crippen molar-refractivity contribution in [2.75, 3.05) is 58.4 Å². The Morgan fingerprint density at radius 1 is 0.918 bits per heavy atom. The molecule has 4 aromatic heterocycles. The number of halogens is 1. The number of methoxy groups -OCH3 is 2. The fourth-order valence-corrected chi connectivity index (χ4v) is 6.45. The standard InChI is InChI=1S/C34H35FN10O4/c1-48-28-5-8-36-20-26(28)24-18-23(22-4-3-11-44(21-22)30(46)7-12-45-13-10-38-41-45)31(35)32-25(24)19-27(39-32)34(47)43-16-14-42(15-17-43)33-29(49-2)6-9-37-40-33/h4-6,8-10,13,18-20,39H,3,7,11-12,14-17,21H2,1-2H3. The Balaban J connectivity index is 1.19. The van der Waals surface area contributed by atoms with E-state index in [9.17, 15) is 9.59 Å². The summed E-state index contributed by atoms with van der Waals surface area (Å²) < 4.78 is 29.3. The lowest BCUT2D eigenvalue weighted by molar-refractivity contribution is -0.131. The number of nitrogens with one attached hydrogen (secondary N) is 1. The number of hydrogen-bond donors (Lipinski definition) is 1. The third kappa shape index (κ3) is 6.26. The second kappa shape index (κ2) is 13.7. The van der Waals surface area contributed by atoms with Gasteiger partial charge in [-0.3, -0.25) is 19.3 Å². The molecule has 1 fully saturated rings. The minimum absolute atomic E-state index is 0.0534. The number of aryl methyl sites for hydroxylation is 1. The molecule has 0 saturated carbocycles. The minimum atomic E-state index is -0.497. The number of amides is 2. The number of H-pyrrole nitrogens is 1. The van der Waals surface area contributed by atoms with Crippen LogP contribution in [-0.2, 0) is 11.3 Å². The van der Waals surface area contributed by atoms with Crippen molar-refractivity contribution in [3.05, 3.63) is 78.4 Å². The monoisotopic (exact) mass is 666 g/mol. The highest BCUT2D eigenvalue weighted by molar-refractivity contribution is 6.05. The number of piperazine rings is 1. The predicted molar refractivity (Wildman–Crippen MR) is 179 cm³/mol. The van der Waals surface area contributed by atoms with Gasteiger partial charge in [-0.2, -0.15) is 5.10 Å². The first-order valence-electron chi connectivity index (χ1n) is 16.0. The highest BCUT2D eigenvalue weighted by Crippen LogP contribution is 2.40. The van der Waals surface area contributed by atoms with E-state index in [4.69, 9.17) is 9.47 Å². The average Bonchev–Trinajstić information content (AvgIpc) is 3.85. The van der Waals surface area contributed by atoms with Gasteiger partial charge in [-0.1, -0.05) is 11.3 Å². The van der Waals surface area contributed by atoms with Crippen molar-refractivity contribution in [2.45, 2.75) is 19.4 Å². The normalized spacial score (nSPS) is 15.0. The quantitative estimate of drug-likeness (QED) is 0.248. The molecule has 0 radical (unpaired) electrons. The number of benzene rings is 1. The maximum Gasteiger partial charge on any atom is 0.270 e. The lowest BCUT2D eigenvalue weighted by Crippen LogP contribution is -2.49. The molecule has 2 amide bonds. The molecule has 0 aliphatic carbocycles. The van der Waals surface area contributed by atoms with Crippen LogP contribution in [0.4, 0.5) is 10.2 Å². The molecule has 1 aromatic carbocycles. The van der Waals surface area contributed by atoms with E-state index in [0.717, 1.165) is 0 Å². The van der Waals surface area contributed by atoms with E-state index in [1.807, 2.05) is 11.0 Å². The van der Waals surface area contributed by atoms with Gasteiger partial charge in [0.1, 0.15) is 11.4 Å². The van der Waals surface area contributed by atoms with E-state index >= 15 is 4.39 Å². The highest BCUT2D eigenvalue weighted by Gasteiger charge is 2.29.